The highest BCUT2D eigenvalue weighted by molar-refractivity contribution is 7.25. The van der Waals surface area contributed by atoms with Gasteiger partial charge in [-0.25, -0.2) is 9.97 Å². The molecule has 0 aliphatic carbocycles. The van der Waals surface area contributed by atoms with Crippen LogP contribution in [-0.4, -0.2) is 15.0 Å². The number of rotatable bonds is 6. The van der Waals surface area contributed by atoms with Gasteiger partial charge >= 0.3 is 0 Å². The van der Waals surface area contributed by atoms with Gasteiger partial charge in [-0.15, -0.1) is 11.3 Å². The molecule has 0 radical (unpaired) electrons. The maximum Gasteiger partial charge on any atom is 0.160 e. The number of hydrogen-bond acceptors (Lipinski definition) is 5. The van der Waals surface area contributed by atoms with E-state index in [9.17, 15) is 0 Å². The van der Waals surface area contributed by atoms with Gasteiger partial charge in [0.15, 0.2) is 5.82 Å². The second-order valence-corrected chi connectivity index (χ2v) is 15.1. The van der Waals surface area contributed by atoms with E-state index >= 15 is 0 Å². The van der Waals surface area contributed by atoms with E-state index in [2.05, 4.69) is 151 Å². The van der Waals surface area contributed by atoms with Gasteiger partial charge in [0.1, 0.15) is 11.2 Å². The van der Waals surface area contributed by atoms with Crippen molar-refractivity contribution >= 4 is 53.4 Å². The Hall–Kier alpha value is -7.21. The van der Waals surface area contributed by atoms with Crippen molar-refractivity contribution in [3.8, 4) is 67.3 Å². The fraction of sp³-hybridized carbons (Fsp3) is 0. The number of benzene rings is 7. The predicted molar refractivity (Wildman–Crippen MR) is 233 cm³/mol. The summed E-state index contributed by atoms with van der Waals surface area (Å²) in [4.78, 5) is 14.6. The Morgan fingerprint density at radius 3 is 1.93 bits per heavy atom. The normalized spacial score (nSPS) is 11.6. The molecule has 0 aliphatic rings. The Labute approximate surface area is 327 Å². The minimum Gasteiger partial charge on any atom is -0.455 e. The van der Waals surface area contributed by atoms with E-state index in [1.165, 1.54) is 31.3 Å². The van der Waals surface area contributed by atoms with Gasteiger partial charge in [0.05, 0.1) is 11.4 Å². The quantitative estimate of drug-likeness (QED) is 0.171. The molecule has 4 heterocycles. The third-order valence-corrected chi connectivity index (χ3v) is 11.8. The first-order valence-corrected chi connectivity index (χ1v) is 19.5. The summed E-state index contributed by atoms with van der Waals surface area (Å²) >= 11 is 1.84. The number of nitrogens with zero attached hydrogens (tertiary/aromatic N) is 3. The average Bonchev–Trinajstić information content (AvgIpc) is 3.86. The topological polar surface area (TPSA) is 51.8 Å². The van der Waals surface area contributed by atoms with Gasteiger partial charge in [0, 0.05) is 71.2 Å². The highest BCUT2D eigenvalue weighted by atomic mass is 32.1. The third kappa shape index (κ3) is 5.48. The third-order valence-electron chi connectivity index (χ3n) is 10.6. The predicted octanol–water partition coefficient (Wildman–Crippen LogP) is 14.1. The lowest BCUT2D eigenvalue weighted by Gasteiger charge is -2.12. The van der Waals surface area contributed by atoms with Gasteiger partial charge in [-0.2, -0.15) is 0 Å². The fourth-order valence-electron chi connectivity index (χ4n) is 7.95. The van der Waals surface area contributed by atoms with Crippen LogP contribution < -0.4 is 0 Å². The van der Waals surface area contributed by atoms with Crippen LogP contribution in [0.25, 0.3) is 109 Å². The zero-order valence-corrected chi connectivity index (χ0v) is 30.9. The zero-order valence-electron chi connectivity index (χ0n) is 30.1. The Morgan fingerprint density at radius 1 is 0.411 bits per heavy atom. The molecular weight excluding hydrogens is 703 g/mol. The van der Waals surface area contributed by atoms with E-state index in [4.69, 9.17) is 14.4 Å². The van der Waals surface area contributed by atoms with Crippen LogP contribution in [0.15, 0.2) is 193 Å². The molecule has 11 aromatic rings. The summed E-state index contributed by atoms with van der Waals surface area (Å²) in [5.41, 5.74) is 13.1. The van der Waals surface area contributed by atoms with E-state index in [0.29, 0.717) is 5.82 Å². The highest BCUT2D eigenvalue weighted by Crippen LogP contribution is 2.46. The van der Waals surface area contributed by atoms with E-state index in [1.807, 2.05) is 47.9 Å². The van der Waals surface area contributed by atoms with Gasteiger partial charge in [-0.3, -0.25) is 4.98 Å². The number of para-hydroxylation sites is 1. The number of furan rings is 1. The summed E-state index contributed by atoms with van der Waals surface area (Å²) in [5, 5.41) is 4.81. The number of thiophene rings is 1. The number of hydrogen-bond donors (Lipinski definition) is 0. The Kier molecular flexibility index (Phi) is 7.64. The summed E-state index contributed by atoms with van der Waals surface area (Å²) in [5.74, 6) is 0.667. The second kappa shape index (κ2) is 13.3. The number of fused-ring (bicyclic) bond motifs is 6. The van der Waals surface area contributed by atoms with Gasteiger partial charge in [-0.05, 0) is 64.7 Å². The smallest absolute Gasteiger partial charge is 0.160 e. The first-order valence-electron chi connectivity index (χ1n) is 18.7. The molecule has 262 valence electrons. The van der Waals surface area contributed by atoms with E-state index in [-0.39, 0.29) is 0 Å². The van der Waals surface area contributed by atoms with Crippen molar-refractivity contribution in [2.45, 2.75) is 0 Å². The maximum atomic E-state index is 6.74. The summed E-state index contributed by atoms with van der Waals surface area (Å²) in [6.07, 6.45) is 3.68. The summed E-state index contributed by atoms with van der Waals surface area (Å²) in [6, 6.07) is 61.6. The Morgan fingerprint density at radius 2 is 1.07 bits per heavy atom. The van der Waals surface area contributed by atoms with Crippen molar-refractivity contribution in [1.82, 2.24) is 15.0 Å². The molecule has 5 heteroatoms. The van der Waals surface area contributed by atoms with Crippen molar-refractivity contribution in [2.75, 3.05) is 0 Å². The lowest BCUT2D eigenvalue weighted by atomic mass is 9.92. The van der Waals surface area contributed by atoms with Crippen molar-refractivity contribution < 1.29 is 4.42 Å². The Bertz CT molecular complexity index is 3240. The first-order chi connectivity index (χ1) is 27.7. The van der Waals surface area contributed by atoms with Crippen molar-refractivity contribution in [2.24, 2.45) is 0 Å². The molecule has 0 amide bonds. The van der Waals surface area contributed by atoms with Crippen LogP contribution in [0.1, 0.15) is 0 Å². The minimum absolute atomic E-state index is 0.667. The zero-order chi connectivity index (χ0) is 37.0. The van der Waals surface area contributed by atoms with Gasteiger partial charge in [-0.1, -0.05) is 133 Å². The van der Waals surface area contributed by atoms with Crippen LogP contribution in [0.5, 0.6) is 0 Å². The molecule has 0 spiro atoms. The SMILES string of the molecule is c1ccc(-c2cc(-c3cccc(-c4cccnc4)c3)nc(-c3ccc(-c4ccc(-c5cccc6sc7ccccc7c56)c5c4oc4ccccc45)cc3)n2)cc1. The van der Waals surface area contributed by atoms with Crippen LogP contribution in [0.3, 0.4) is 0 Å². The van der Waals surface area contributed by atoms with Gasteiger partial charge < -0.3 is 4.42 Å². The minimum atomic E-state index is 0.667. The molecule has 4 aromatic heterocycles. The average molecular weight is 734 g/mol. The van der Waals surface area contributed by atoms with Gasteiger partial charge in [0.25, 0.3) is 0 Å². The molecule has 7 aromatic carbocycles. The van der Waals surface area contributed by atoms with Crippen LogP contribution in [0, 0.1) is 0 Å². The number of aromatic nitrogens is 3. The van der Waals surface area contributed by atoms with Crippen LogP contribution in [-0.2, 0) is 0 Å². The molecule has 0 N–H and O–H groups in total. The molecule has 11 rings (SSSR count). The molecule has 0 fully saturated rings. The maximum absolute atomic E-state index is 6.74. The molecule has 0 unspecified atom stereocenters. The standard InChI is InChI=1S/C51H31N3OS/c1-2-11-33(12-3-1)43-30-44(36-14-8-13-35(29-36)37-15-10-28-52-31-37)54-51(53-43)34-24-22-32(23-25-34)38-26-27-40(49-41-16-4-6-19-45(41)55-50(38)49)39-18-9-21-47-48(39)42-17-5-7-20-46(42)56-47/h1-31H. The molecule has 56 heavy (non-hydrogen) atoms. The summed E-state index contributed by atoms with van der Waals surface area (Å²) in [6.45, 7) is 0. The summed E-state index contributed by atoms with van der Waals surface area (Å²) in [7, 11) is 0. The molecule has 0 aliphatic heterocycles. The molecule has 4 nitrogen and oxygen atoms in total. The summed E-state index contributed by atoms with van der Waals surface area (Å²) < 4.78 is 9.32. The van der Waals surface area contributed by atoms with E-state index < -0.39 is 0 Å². The van der Waals surface area contributed by atoms with Crippen LogP contribution in [0.2, 0.25) is 0 Å². The molecule has 0 saturated carbocycles. The van der Waals surface area contributed by atoms with Crippen molar-refractivity contribution in [3.05, 3.63) is 188 Å². The lowest BCUT2D eigenvalue weighted by Crippen LogP contribution is -1.96. The molecule has 0 bridgehead atoms. The molecule has 0 saturated heterocycles. The van der Waals surface area contributed by atoms with Crippen LogP contribution >= 0.6 is 11.3 Å². The number of pyridine rings is 1. The fourth-order valence-corrected chi connectivity index (χ4v) is 9.08. The van der Waals surface area contributed by atoms with Gasteiger partial charge in [0.2, 0.25) is 0 Å². The second-order valence-electron chi connectivity index (χ2n) is 14.0. The van der Waals surface area contributed by atoms with E-state index in [1.54, 1.807) is 6.20 Å². The van der Waals surface area contributed by atoms with Crippen molar-refractivity contribution in [1.29, 1.82) is 0 Å². The largest absolute Gasteiger partial charge is 0.455 e. The lowest BCUT2D eigenvalue weighted by molar-refractivity contribution is 0.670. The first kappa shape index (κ1) is 32.2. The molecular formula is C51H31N3OS. The molecule has 0 atom stereocenters. The van der Waals surface area contributed by atoms with Crippen molar-refractivity contribution in [3.63, 3.8) is 0 Å². The Balaban J connectivity index is 1.04. The van der Waals surface area contributed by atoms with E-state index in [0.717, 1.165) is 72.3 Å². The monoisotopic (exact) mass is 733 g/mol. The van der Waals surface area contributed by atoms with Crippen LogP contribution in [0.4, 0.5) is 0 Å². The highest BCUT2D eigenvalue weighted by Gasteiger charge is 2.20.